The molecule has 24 heavy (non-hydrogen) atoms. The number of rotatable bonds is 3. The lowest BCUT2D eigenvalue weighted by molar-refractivity contribution is -0.126. The number of ether oxygens (including phenoxy) is 2. The van der Waals surface area contributed by atoms with Gasteiger partial charge in [0.2, 0.25) is 12.7 Å². The Hall–Kier alpha value is -2.82. The molecule has 1 unspecified atom stereocenters. The summed E-state index contributed by atoms with van der Waals surface area (Å²) in [4.78, 5) is 18.6. The Morgan fingerprint density at radius 1 is 1.17 bits per heavy atom. The quantitative estimate of drug-likeness (QED) is 0.814. The maximum Gasteiger partial charge on any atom is 0.247 e. The molecule has 3 heterocycles. The lowest BCUT2D eigenvalue weighted by Gasteiger charge is -2.23. The highest BCUT2D eigenvalue weighted by Crippen LogP contribution is 2.34. The molecule has 0 aliphatic carbocycles. The van der Waals surface area contributed by atoms with E-state index in [2.05, 4.69) is 4.98 Å². The van der Waals surface area contributed by atoms with Crippen LogP contribution in [0, 0.1) is 0 Å². The van der Waals surface area contributed by atoms with E-state index >= 15 is 0 Å². The maximum atomic E-state index is 12.6. The van der Waals surface area contributed by atoms with E-state index in [0.29, 0.717) is 0 Å². The Morgan fingerprint density at radius 2 is 2.00 bits per heavy atom. The third-order valence-electron chi connectivity index (χ3n) is 4.44. The molecule has 122 valence electrons. The average molecular weight is 322 g/mol. The average Bonchev–Trinajstić information content (AvgIpc) is 3.29. The highest BCUT2D eigenvalue weighted by Gasteiger charge is 2.28. The molecule has 1 saturated heterocycles. The first kappa shape index (κ1) is 14.8. The molecular formula is C19H18N2O3. The van der Waals surface area contributed by atoms with Gasteiger partial charge < -0.3 is 14.4 Å². The van der Waals surface area contributed by atoms with E-state index in [0.717, 1.165) is 42.0 Å². The van der Waals surface area contributed by atoms with Crippen LogP contribution in [0.2, 0.25) is 0 Å². The van der Waals surface area contributed by atoms with Gasteiger partial charge in [0.1, 0.15) is 0 Å². The molecule has 1 atom stereocenters. The van der Waals surface area contributed by atoms with Gasteiger partial charge in [-0.05, 0) is 54.3 Å². The van der Waals surface area contributed by atoms with Gasteiger partial charge in [-0.3, -0.25) is 9.78 Å². The van der Waals surface area contributed by atoms with Gasteiger partial charge in [0.25, 0.3) is 0 Å². The summed E-state index contributed by atoms with van der Waals surface area (Å²) < 4.78 is 10.7. The molecule has 0 bridgehead atoms. The Bertz CT molecular complexity index is 773. The van der Waals surface area contributed by atoms with E-state index in [9.17, 15) is 4.79 Å². The third kappa shape index (κ3) is 2.85. The van der Waals surface area contributed by atoms with Gasteiger partial charge in [-0.15, -0.1) is 0 Å². The molecular weight excluding hydrogens is 304 g/mol. The maximum absolute atomic E-state index is 12.6. The van der Waals surface area contributed by atoms with Crippen LogP contribution >= 0.6 is 0 Å². The molecule has 5 nitrogen and oxygen atoms in total. The molecule has 1 amide bonds. The minimum Gasteiger partial charge on any atom is -0.454 e. The van der Waals surface area contributed by atoms with E-state index < -0.39 is 0 Å². The Morgan fingerprint density at radius 3 is 2.88 bits per heavy atom. The number of hydrogen-bond acceptors (Lipinski definition) is 4. The van der Waals surface area contributed by atoms with Crippen molar-refractivity contribution in [2.24, 2.45) is 0 Å². The van der Waals surface area contributed by atoms with Crippen molar-refractivity contribution in [3.63, 3.8) is 0 Å². The lowest BCUT2D eigenvalue weighted by Crippen LogP contribution is -2.28. The summed E-state index contributed by atoms with van der Waals surface area (Å²) in [6.45, 7) is 1.04. The number of aromatic nitrogens is 1. The van der Waals surface area contributed by atoms with Crippen LogP contribution in [0.1, 0.15) is 30.0 Å². The second-order valence-corrected chi connectivity index (χ2v) is 5.92. The summed E-state index contributed by atoms with van der Waals surface area (Å²) in [6.07, 6.45) is 9.03. The van der Waals surface area contributed by atoms with E-state index in [-0.39, 0.29) is 18.7 Å². The zero-order valence-electron chi connectivity index (χ0n) is 13.2. The number of fused-ring (bicyclic) bond motifs is 1. The summed E-state index contributed by atoms with van der Waals surface area (Å²) in [6, 6.07) is 9.78. The normalized spacial score (nSPS) is 19.2. The SMILES string of the molecule is O=C(/C=C/c1ccc2c(c1)OCO2)N1CCCC1c1ccncc1. The van der Waals surface area contributed by atoms with Crippen LogP contribution in [-0.2, 0) is 4.79 Å². The first-order valence-corrected chi connectivity index (χ1v) is 8.09. The lowest BCUT2D eigenvalue weighted by atomic mass is 10.1. The van der Waals surface area contributed by atoms with Crippen molar-refractivity contribution in [3.8, 4) is 11.5 Å². The van der Waals surface area contributed by atoms with Crippen LogP contribution in [0.15, 0.2) is 48.8 Å². The fourth-order valence-corrected chi connectivity index (χ4v) is 3.24. The second-order valence-electron chi connectivity index (χ2n) is 5.92. The topological polar surface area (TPSA) is 51.7 Å². The Balaban J connectivity index is 1.49. The van der Waals surface area contributed by atoms with Gasteiger partial charge in [-0.2, -0.15) is 0 Å². The van der Waals surface area contributed by atoms with Crippen molar-refractivity contribution in [3.05, 3.63) is 59.9 Å². The van der Waals surface area contributed by atoms with Crippen molar-refractivity contribution >= 4 is 12.0 Å². The molecule has 4 rings (SSSR count). The first-order valence-electron chi connectivity index (χ1n) is 8.09. The van der Waals surface area contributed by atoms with Crippen LogP contribution in [0.4, 0.5) is 0 Å². The van der Waals surface area contributed by atoms with E-state index in [1.165, 1.54) is 0 Å². The molecule has 0 saturated carbocycles. The number of hydrogen-bond donors (Lipinski definition) is 0. The molecule has 2 aliphatic heterocycles. The number of pyridine rings is 1. The summed E-state index contributed by atoms with van der Waals surface area (Å²) >= 11 is 0. The first-order chi connectivity index (χ1) is 11.8. The number of carbonyl (C=O) groups excluding carboxylic acids is 1. The Labute approximate surface area is 140 Å². The molecule has 2 aliphatic rings. The van der Waals surface area contributed by atoms with Crippen molar-refractivity contribution in [2.45, 2.75) is 18.9 Å². The molecule has 0 radical (unpaired) electrons. The fourth-order valence-electron chi connectivity index (χ4n) is 3.24. The van der Waals surface area contributed by atoms with E-state index in [1.54, 1.807) is 18.5 Å². The zero-order valence-corrected chi connectivity index (χ0v) is 13.2. The zero-order chi connectivity index (χ0) is 16.4. The number of carbonyl (C=O) groups is 1. The summed E-state index contributed by atoms with van der Waals surface area (Å²) in [5.41, 5.74) is 2.07. The molecule has 0 N–H and O–H groups in total. The van der Waals surface area contributed by atoms with Crippen LogP contribution < -0.4 is 9.47 Å². The van der Waals surface area contributed by atoms with Crippen LogP contribution in [0.5, 0.6) is 11.5 Å². The number of likely N-dealkylation sites (tertiary alicyclic amines) is 1. The number of nitrogens with zero attached hydrogens (tertiary/aromatic N) is 2. The molecule has 1 fully saturated rings. The Kier molecular flexibility index (Phi) is 3.91. The predicted molar refractivity (Wildman–Crippen MR) is 89.5 cm³/mol. The molecule has 2 aromatic rings. The fraction of sp³-hybridized carbons (Fsp3) is 0.263. The molecule has 1 aromatic carbocycles. The highest BCUT2D eigenvalue weighted by molar-refractivity contribution is 5.92. The van der Waals surface area contributed by atoms with Gasteiger partial charge >= 0.3 is 0 Å². The molecule has 5 heteroatoms. The van der Waals surface area contributed by atoms with Gasteiger partial charge in [-0.1, -0.05) is 6.07 Å². The number of benzene rings is 1. The predicted octanol–water partition coefficient (Wildman–Crippen LogP) is 3.19. The van der Waals surface area contributed by atoms with Crippen molar-refractivity contribution in [1.82, 2.24) is 9.88 Å². The standard InChI is InChI=1S/C19H18N2O3/c22-19(6-4-14-3-5-17-18(12-14)24-13-23-17)21-11-1-2-16(21)15-7-9-20-10-8-15/h3-10,12,16H,1-2,11,13H2/b6-4+. The smallest absolute Gasteiger partial charge is 0.247 e. The van der Waals surface area contributed by atoms with Crippen LogP contribution in [-0.4, -0.2) is 29.1 Å². The molecule has 0 spiro atoms. The molecule has 1 aromatic heterocycles. The number of amides is 1. The van der Waals surface area contributed by atoms with Crippen LogP contribution in [0.3, 0.4) is 0 Å². The largest absolute Gasteiger partial charge is 0.454 e. The third-order valence-corrected chi connectivity index (χ3v) is 4.44. The van der Waals surface area contributed by atoms with Crippen molar-refractivity contribution < 1.29 is 14.3 Å². The second kappa shape index (κ2) is 6.35. The monoisotopic (exact) mass is 322 g/mol. The van der Waals surface area contributed by atoms with E-state index in [1.807, 2.05) is 41.3 Å². The minimum absolute atomic E-state index is 0.0342. The summed E-state index contributed by atoms with van der Waals surface area (Å²) in [5.74, 6) is 1.50. The van der Waals surface area contributed by atoms with Crippen molar-refractivity contribution in [2.75, 3.05) is 13.3 Å². The van der Waals surface area contributed by atoms with E-state index in [4.69, 9.17) is 9.47 Å². The van der Waals surface area contributed by atoms with Gasteiger partial charge in [0, 0.05) is 25.0 Å². The summed E-state index contributed by atoms with van der Waals surface area (Å²) in [7, 11) is 0. The van der Waals surface area contributed by atoms with Crippen molar-refractivity contribution in [1.29, 1.82) is 0 Å². The van der Waals surface area contributed by atoms with Gasteiger partial charge in [-0.25, -0.2) is 0 Å². The van der Waals surface area contributed by atoms with Crippen LogP contribution in [0.25, 0.3) is 6.08 Å². The highest BCUT2D eigenvalue weighted by atomic mass is 16.7. The minimum atomic E-state index is 0.0342. The van der Waals surface area contributed by atoms with Gasteiger partial charge in [0.15, 0.2) is 11.5 Å². The van der Waals surface area contributed by atoms with Gasteiger partial charge in [0.05, 0.1) is 6.04 Å². The summed E-state index contributed by atoms with van der Waals surface area (Å²) in [5, 5.41) is 0.